The maximum Gasteiger partial charge on any atom is 0.251 e. The van der Waals surface area contributed by atoms with Crippen LogP contribution in [0.4, 0.5) is 0 Å². The average Bonchev–Trinajstić information content (AvgIpc) is 2.48. The second kappa shape index (κ2) is 6.93. The van der Waals surface area contributed by atoms with E-state index in [9.17, 15) is 4.79 Å². The highest BCUT2D eigenvalue weighted by Gasteiger charge is 2.11. The van der Waals surface area contributed by atoms with Gasteiger partial charge in [0.25, 0.3) is 5.91 Å². The zero-order valence-corrected chi connectivity index (χ0v) is 12.7. The maximum atomic E-state index is 12.2. The van der Waals surface area contributed by atoms with Crippen molar-refractivity contribution < 1.29 is 9.53 Å². The second-order valence-electron chi connectivity index (χ2n) is 5.07. The van der Waals surface area contributed by atoms with Crippen molar-refractivity contribution in [1.29, 1.82) is 0 Å². The second-order valence-corrected chi connectivity index (χ2v) is 5.07. The van der Waals surface area contributed by atoms with Gasteiger partial charge in [0.15, 0.2) is 0 Å². The van der Waals surface area contributed by atoms with Crippen LogP contribution < -0.4 is 10.1 Å². The van der Waals surface area contributed by atoms with Crippen molar-refractivity contribution in [3.63, 3.8) is 0 Å². The molecule has 1 unspecified atom stereocenters. The normalized spacial score (nSPS) is 11.8. The molecule has 1 N–H and O–H groups in total. The summed E-state index contributed by atoms with van der Waals surface area (Å²) in [4.78, 5) is 12.2. The molecule has 21 heavy (non-hydrogen) atoms. The summed E-state index contributed by atoms with van der Waals surface area (Å²) in [7, 11) is 0. The van der Waals surface area contributed by atoms with Crippen LogP contribution in [0.2, 0.25) is 0 Å². The lowest BCUT2D eigenvalue weighted by Crippen LogP contribution is -2.26. The molecule has 0 saturated carbocycles. The van der Waals surface area contributed by atoms with E-state index in [0.717, 1.165) is 16.9 Å². The highest BCUT2D eigenvalue weighted by molar-refractivity contribution is 5.94. The zero-order chi connectivity index (χ0) is 15.2. The molecule has 0 aliphatic rings. The summed E-state index contributed by atoms with van der Waals surface area (Å²) in [6, 6.07) is 15.3. The van der Waals surface area contributed by atoms with Crippen molar-refractivity contribution in [2.45, 2.75) is 26.8 Å². The molecule has 0 aromatic heterocycles. The molecular formula is C18H21NO2. The SMILES string of the molecule is CCOc1ccc(C(C)NC(=O)c2cccc(C)c2)cc1. The Bertz CT molecular complexity index is 605. The van der Waals surface area contributed by atoms with Gasteiger partial charge in [0.1, 0.15) is 5.75 Å². The van der Waals surface area contributed by atoms with E-state index in [2.05, 4.69) is 5.32 Å². The van der Waals surface area contributed by atoms with Gasteiger partial charge >= 0.3 is 0 Å². The van der Waals surface area contributed by atoms with E-state index >= 15 is 0 Å². The van der Waals surface area contributed by atoms with Crippen LogP contribution in [-0.4, -0.2) is 12.5 Å². The van der Waals surface area contributed by atoms with Crippen LogP contribution in [0.1, 0.15) is 41.4 Å². The fourth-order valence-corrected chi connectivity index (χ4v) is 2.17. The van der Waals surface area contributed by atoms with E-state index in [4.69, 9.17) is 4.74 Å². The minimum Gasteiger partial charge on any atom is -0.494 e. The van der Waals surface area contributed by atoms with E-state index in [0.29, 0.717) is 12.2 Å². The molecule has 110 valence electrons. The highest BCUT2D eigenvalue weighted by atomic mass is 16.5. The molecule has 1 amide bonds. The molecular weight excluding hydrogens is 262 g/mol. The van der Waals surface area contributed by atoms with Crippen LogP contribution in [0.25, 0.3) is 0 Å². The lowest BCUT2D eigenvalue weighted by molar-refractivity contribution is 0.0940. The minimum absolute atomic E-state index is 0.0475. The number of ether oxygens (including phenoxy) is 1. The number of hydrogen-bond acceptors (Lipinski definition) is 2. The summed E-state index contributed by atoms with van der Waals surface area (Å²) >= 11 is 0. The third-order valence-corrected chi connectivity index (χ3v) is 3.32. The maximum absolute atomic E-state index is 12.2. The van der Waals surface area contributed by atoms with Crippen molar-refractivity contribution in [3.8, 4) is 5.75 Å². The monoisotopic (exact) mass is 283 g/mol. The number of aryl methyl sites for hydroxylation is 1. The molecule has 0 fully saturated rings. The Morgan fingerprint density at radius 3 is 2.52 bits per heavy atom. The van der Waals surface area contributed by atoms with Crippen LogP contribution in [0, 0.1) is 6.92 Å². The highest BCUT2D eigenvalue weighted by Crippen LogP contribution is 2.18. The Labute approximate surface area is 126 Å². The first-order valence-electron chi connectivity index (χ1n) is 7.20. The quantitative estimate of drug-likeness (QED) is 0.904. The smallest absolute Gasteiger partial charge is 0.251 e. The largest absolute Gasteiger partial charge is 0.494 e. The zero-order valence-electron chi connectivity index (χ0n) is 12.7. The first kappa shape index (κ1) is 15.1. The molecule has 0 saturated heterocycles. The van der Waals surface area contributed by atoms with Crippen molar-refractivity contribution >= 4 is 5.91 Å². The van der Waals surface area contributed by atoms with Gasteiger partial charge in [-0.3, -0.25) is 4.79 Å². The first-order chi connectivity index (χ1) is 10.1. The standard InChI is InChI=1S/C18H21NO2/c1-4-21-17-10-8-15(9-11-17)14(3)19-18(20)16-7-5-6-13(2)12-16/h5-12,14H,4H2,1-3H3,(H,19,20). The Hall–Kier alpha value is -2.29. The predicted octanol–water partition coefficient (Wildman–Crippen LogP) is 3.88. The summed E-state index contributed by atoms with van der Waals surface area (Å²) in [6.07, 6.45) is 0. The van der Waals surface area contributed by atoms with E-state index in [1.165, 1.54) is 0 Å². The molecule has 0 heterocycles. The van der Waals surface area contributed by atoms with E-state index < -0.39 is 0 Å². The lowest BCUT2D eigenvalue weighted by atomic mass is 10.1. The molecule has 1 atom stereocenters. The Morgan fingerprint density at radius 1 is 1.19 bits per heavy atom. The van der Waals surface area contributed by atoms with Crippen LogP contribution in [-0.2, 0) is 0 Å². The van der Waals surface area contributed by atoms with E-state index in [-0.39, 0.29) is 11.9 Å². The number of rotatable bonds is 5. The average molecular weight is 283 g/mol. The fourth-order valence-electron chi connectivity index (χ4n) is 2.17. The van der Waals surface area contributed by atoms with Crippen LogP contribution in [0.15, 0.2) is 48.5 Å². The minimum atomic E-state index is -0.0555. The number of amides is 1. The van der Waals surface area contributed by atoms with Crippen molar-refractivity contribution in [2.75, 3.05) is 6.61 Å². The number of benzene rings is 2. The summed E-state index contributed by atoms with van der Waals surface area (Å²) in [5.74, 6) is 0.790. The van der Waals surface area contributed by atoms with Gasteiger partial charge in [0.2, 0.25) is 0 Å². The third-order valence-electron chi connectivity index (χ3n) is 3.32. The van der Waals surface area contributed by atoms with Gasteiger partial charge in [-0.15, -0.1) is 0 Å². The topological polar surface area (TPSA) is 38.3 Å². The molecule has 2 rings (SSSR count). The first-order valence-corrected chi connectivity index (χ1v) is 7.20. The van der Waals surface area contributed by atoms with Gasteiger partial charge in [0.05, 0.1) is 12.6 Å². The van der Waals surface area contributed by atoms with Gasteiger partial charge in [-0.05, 0) is 50.6 Å². The molecule has 3 nitrogen and oxygen atoms in total. The molecule has 2 aromatic rings. The molecule has 0 radical (unpaired) electrons. The predicted molar refractivity (Wildman–Crippen MR) is 84.7 cm³/mol. The van der Waals surface area contributed by atoms with E-state index in [1.807, 2.05) is 69.3 Å². The van der Waals surface area contributed by atoms with E-state index in [1.54, 1.807) is 0 Å². The Morgan fingerprint density at radius 2 is 1.90 bits per heavy atom. The van der Waals surface area contributed by atoms with Crippen molar-refractivity contribution in [1.82, 2.24) is 5.32 Å². The van der Waals surface area contributed by atoms with Gasteiger partial charge in [-0.25, -0.2) is 0 Å². The van der Waals surface area contributed by atoms with Gasteiger partial charge in [-0.1, -0.05) is 29.8 Å². The van der Waals surface area contributed by atoms with Gasteiger partial charge in [-0.2, -0.15) is 0 Å². The molecule has 0 aliphatic carbocycles. The lowest BCUT2D eigenvalue weighted by Gasteiger charge is -2.15. The number of carbonyl (C=O) groups excluding carboxylic acids is 1. The van der Waals surface area contributed by atoms with Crippen LogP contribution in [0.3, 0.4) is 0 Å². The van der Waals surface area contributed by atoms with Crippen LogP contribution in [0.5, 0.6) is 5.75 Å². The summed E-state index contributed by atoms with van der Waals surface area (Å²) < 4.78 is 5.42. The van der Waals surface area contributed by atoms with Crippen molar-refractivity contribution in [3.05, 3.63) is 65.2 Å². The number of hydrogen-bond donors (Lipinski definition) is 1. The van der Waals surface area contributed by atoms with Crippen LogP contribution >= 0.6 is 0 Å². The molecule has 2 aromatic carbocycles. The van der Waals surface area contributed by atoms with Gasteiger partial charge in [0, 0.05) is 5.56 Å². The summed E-state index contributed by atoms with van der Waals surface area (Å²) in [5.41, 5.74) is 2.82. The molecule has 0 aliphatic heterocycles. The molecule has 0 spiro atoms. The van der Waals surface area contributed by atoms with Gasteiger partial charge < -0.3 is 10.1 Å². The molecule has 3 heteroatoms. The number of nitrogens with one attached hydrogen (secondary N) is 1. The summed E-state index contributed by atoms with van der Waals surface area (Å²) in [5, 5.41) is 3.01. The fraction of sp³-hybridized carbons (Fsp3) is 0.278. The summed E-state index contributed by atoms with van der Waals surface area (Å²) in [6.45, 7) is 6.56. The number of carbonyl (C=O) groups is 1. The molecule has 0 bridgehead atoms. The Kier molecular flexibility index (Phi) is 4.99. The third kappa shape index (κ3) is 4.09. The Balaban J connectivity index is 2.03. The van der Waals surface area contributed by atoms with Crippen molar-refractivity contribution in [2.24, 2.45) is 0 Å².